The van der Waals surface area contributed by atoms with E-state index in [1.54, 1.807) is 0 Å². The van der Waals surface area contributed by atoms with Gasteiger partial charge >= 0.3 is 12.4 Å². The van der Waals surface area contributed by atoms with E-state index in [0.717, 1.165) is 32.1 Å². The van der Waals surface area contributed by atoms with Crippen molar-refractivity contribution in [1.82, 2.24) is 10.6 Å². The maximum atomic E-state index is 13.6. The molecule has 190 valence electrons. The van der Waals surface area contributed by atoms with Gasteiger partial charge in [0, 0.05) is 26.3 Å². The highest BCUT2D eigenvalue weighted by Gasteiger charge is 2.51. The minimum absolute atomic E-state index is 0.0579. The quantitative estimate of drug-likeness (QED) is 0.517. The Hall–Kier alpha value is -1.81. The van der Waals surface area contributed by atoms with E-state index in [-0.39, 0.29) is 29.4 Å². The fraction of sp³-hybridized carbons (Fsp3) is 0.708. The van der Waals surface area contributed by atoms with E-state index in [1.807, 2.05) is 0 Å². The molecule has 2 saturated heterocycles. The Morgan fingerprint density at radius 2 is 1.76 bits per heavy atom. The van der Waals surface area contributed by atoms with Crippen LogP contribution in [0.5, 0.6) is 0 Å². The Kier molecular flexibility index (Phi) is 7.20. The molecule has 1 aromatic carbocycles. The number of rotatable bonds is 7. The van der Waals surface area contributed by atoms with Crippen molar-refractivity contribution in [2.75, 3.05) is 26.3 Å². The zero-order valence-electron chi connectivity index (χ0n) is 18.8. The molecular formula is C24H30F6N2O2. The lowest BCUT2D eigenvalue weighted by Crippen LogP contribution is -2.50. The molecular weight excluding hydrogens is 462 g/mol. The molecule has 34 heavy (non-hydrogen) atoms. The van der Waals surface area contributed by atoms with E-state index < -0.39 is 35.4 Å². The summed E-state index contributed by atoms with van der Waals surface area (Å²) in [6.07, 6.45) is -4.25. The van der Waals surface area contributed by atoms with E-state index in [0.29, 0.717) is 50.8 Å². The number of carbonyl (C=O) groups is 1. The molecule has 3 aliphatic rings. The summed E-state index contributed by atoms with van der Waals surface area (Å²) in [5.74, 6) is 0.530. The van der Waals surface area contributed by atoms with Gasteiger partial charge in [0.15, 0.2) is 0 Å². The second-order valence-corrected chi connectivity index (χ2v) is 9.94. The van der Waals surface area contributed by atoms with Gasteiger partial charge in [-0.3, -0.25) is 4.79 Å². The number of hydrogen-bond donors (Lipinski definition) is 2. The predicted octanol–water partition coefficient (Wildman–Crippen LogP) is 5.16. The van der Waals surface area contributed by atoms with Crippen molar-refractivity contribution in [3.05, 3.63) is 34.9 Å². The van der Waals surface area contributed by atoms with Crippen LogP contribution in [0.2, 0.25) is 0 Å². The molecule has 3 unspecified atom stereocenters. The van der Waals surface area contributed by atoms with E-state index >= 15 is 0 Å². The summed E-state index contributed by atoms with van der Waals surface area (Å²) in [4.78, 5) is 13.6. The van der Waals surface area contributed by atoms with Gasteiger partial charge in [-0.1, -0.05) is 12.8 Å². The topological polar surface area (TPSA) is 50.4 Å². The first-order valence-electron chi connectivity index (χ1n) is 11.8. The van der Waals surface area contributed by atoms with Crippen molar-refractivity contribution in [3.63, 3.8) is 0 Å². The summed E-state index contributed by atoms with van der Waals surface area (Å²) in [6, 6.07) is 1.44. The summed E-state index contributed by atoms with van der Waals surface area (Å²) in [6.45, 7) is 1.97. The first-order valence-corrected chi connectivity index (χ1v) is 11.8. The molecule has 4 nitrogen and oxygen atoms in total. The average Bonchev–Trinajstić information content (AvgIpc) is 3.48. The van der Waals surface area contributed by atoms with Gasteiger partial charge in [0.05, 0.1) is 16.5 Å². The van der Waals surface area contributed by atoms with Crippen molar-refractivity contribution in [2.24, 2.45) is 23.2 Å². The molecule has 1 amide bonds. The van der Waals surface area contributed by atoms with Crippen LogP contribution in [0, 0.1) is 23.2 Å². The van der Waals surface area contributed by atoms with Gasteiger partial charge in [0.25, 0.3) is 0 Å². The van der Waals surface area contributed by atoms with Crippen LogP contribution in [0.4, 0.5) is 26.3 Å². The molecule has 1 aliphatic carbocycles. The third-order valence-corrected chi connectivity index (χ3v) is 7.50. The first kappa shape index (κ1) is 25.3. The molecule has 10 heteroatoms. The van der Waals surface area contributed by atoms with Crippen LogP contribution < -0.4 is 10.6 Å². The van der Waals surface area contributed by atoms with Gasteiger partial charge in [0.1, 0.15) is 0 Å². The molecule has 1 saturated carbocycles. The third kappa shape index (κ3) is 5.70. The van der Waals surface area contributed by atoms with Crippen molar-refractivity contribution >= 4 is 5.91 Å². The standard InChI is InChI=1S/C24H30F6N2O2/c25-23(26,27)18-8-16(9-19(11-18)24(28,29)30)12-32-21(33)22(5-6-31-14-22)20(10-15-3-4-15)17-2-1-7-34-13-17/h8-9,11,15,17,20,31H,1-7,10,12-14H2,(H,32,33). The Morgan fingerprint density at radius 1 is 1.09 bits per heavy atom. The highest BCUT2D eigenvalue weighted by atomic mass is 19.4. The zero-order valence-corrected chi connectivity index (χ0v) is 18.8. The van der Waals surface area contributed by atoms with E-state index in [4.69, 9.17) is 4.74 Å². The van der Waals surface area contributed by atoms with Crippen molar-refractivity contribution < 1.29 is 35.9 Å². The fourth-order valence-corrected chi connectivity index (χ4v) is 5.53. The number of halogens is 6. The summed E-state index contributed by atoms with van der Waals surface area (Å²) < 4.78 is 84.9. The normalized spacial score (nSPS) is 26.9. The minimum atomic E-state index is -4.92. The lowest BCUT2D eigenvalue weighted by atomic mass is 9.64. The SMILES string of the molecule is O=C(NCc1cc(C(F)(F)F)cc(C(F)(F)F)c1)C1(C(CC2CC2)C2CCCOC2)CCNC1. The lowest BCUT2D eigenvalue weighted by molar-refractivity contribution is -0.143. The van der Waals surface area contributed by atoms with Crippen LogP contribution in [0.3, 0.4) is 0 Å². The Labute approximate surface area is 194 Å². The lowest BCUT2D eigenvalue weighted by Gasteiger charge is -2.42. The monoisotopic (exact) mass is 492 g/mol. The van der Waals surface area contributed by atoms with Crippen molar-refractivity contribution in [2.45, 2.75) is 57.4 Å². The van der Waals surface area contributed by atoms with E-state index in [9.17, 15) is 31.1 Å². The van der Waals surface area contributed by atoms with E-state index in [1.165, 1.54) is 0 Å². The number of amides is 1. The molecule has 1 aromatic rings. The van der Waals surface area contributed by atoms with Crippen LogP contribution in [0.15, 0.2) is 18.2 Å². The summed E-state index contributed by atoms with van der Waals surface area (Å²) in [7, 11) is 0. The van der Waals surface area contributed by atoms with Crippen LogP contribution in [-0.4, -0.2) is 32.2 Å². The maximum absolute atomic E-state index is 13.6. The number of benzene rings is 1. The van der Waals surface area contributed by atoms with Crippen LogP contribution >= 0.6 is 0 Å². The third-order valence-electron chi connectivity index (χ3n) is 7.50. The first-order chi connectivity index (χ1) is 16.0. The second-order valence-electron chi connectivity index (χ2n) is 9.94. The number of hydrogen-bond acceptors (Lipinski definition) is 3. The number of ether oxygens (including phenoxy) is 1. The van der Waals surface area contributed by atoms with Crippen LogP contribution in [0.25, 0.3) is 0 Å². The molecule has 2 N–H and O–H groups in total. The van der Waals surface area contributed by atoms with E-state index in [2.05, 4.69) is 10.6 Å². The fourth-order valence-electron chi connectivity index (χ4n) is 5.53. The number of alkyl halides is 6. The molecule has 0 radical (unpaired) electrons. The van der Waals surface area contributed by atoms with Crippen molar-refractivity contribution in [3.8, 4) is 0 Å². The molecule has 4 rings (SSSR count). The second kappa shape index (κ2) is 9.68. The highest BCUT2D eigenvalue weighted by Crippen LogP contribution is 2.49. The smallest absolute Gasteiger partial charge is 0.381 e. The largest absolute Gasteiger partial charge is 0.416 e. The highest BCUT2D eigenvalue weighted by molar-refractivity contribution is 5.83. The summed E-state index contributed by atoms with van der Waals surface area (Å²) >= 11 is 0. The molecule has 0 aromatic heterocycles. The minimum Gasteiger partial charge on any atom is -0.381 e. The van der Waals surface area contributed by atoms with Gasteiger partial charge in [-0.15, -0.1) is 0 Å². The molecule has 3 fully saturated rings. The average molecular weight is 493 g/mol. The van der Waals surface area contributed by atoms with Crippen LogP contribution in [-0.2, 0) is 28.4 Å². The van der Waals surface area contributed by atoms with Gasteiger partial charge in [0.2, 0.25) is 5.91 Å². The summed E-state index contributed by atoms with van der Waals surface area (Å²) in [5, 5.41) is 5.96. The molecule has 0 spiro atoms. The molecule has 0 bridgehead atoms. The number of nitrogens with one attached hydrogen (secondary N) is 2. The molecule has 2 aliphatic heterocycles. The van der Waals surface area contributed by atoms with Crippen molar-refractivity contribution in [1.29, 1.82) is 0 Å². The zero-order chi connectivity index (χ0) is 24.6. The number of carbonyl (C=O) groups excluding carboxylic acids is 1. The predicted molar refractivity (Wildman–Crippen MR) is 113 cm³/mol. The Balaban J connectivity index is 1.56. The Bertz CT molecular complexity index is 837. The van der Waals surface area contributed by atoms with Gasteiger partial charge in [-0.05, 0) is 73.7 Å². The maximum Gasteiger partial charge on any atom is 0.416 e. The molecule has 3 atom stereocenters. The van der Waals surface area contributed by atoms with Gasteiger partial charge in [-0.25, -0.2) is 0 Å². The molecule has 2 heterocycles. The van der Waals surface area contributed by atoms with Gasteiger partial charge < -0.3 is 15.4 Å². The van der Waals surface area contributed by atoms with Crippen LogP contribution in [0.1, 0.15) is 55.2 Å². The van der Waals surface area contributed by atoms with Gasteiger partial charge in [-0.2, -0.15) is 26.3 Å². The summed E-state index contributed by atoms with van der Waals surface area (Å²) in [5.41, 5.74) is -3.73. The Morgan fingerprint density at radius 3 is 2.26 bits per heavy atom.